The maximum Gasteiger partial charge on any atom is 0.271 e. The van der Waals surface area contributed by atoms with Gasteiger partial charge in [0.15, 0.2) is 11.6 Å². The molecule has 10 heteroatoms. The van der Waals surface area contributed by atoms with Gasteiger partial charge in [-0.1, -0.05) is 5.16 Å². The Morgan fingerprint density at radius 2 is 2.26 bits per heavy atom. The lowest BCUT2D eigenvalue weighted by atomic mass is 10.1. The number of aromatic nitrogens is 2. The summed E-state index contributed by atoms with van der Waals surface area (Å²) >= 11 is 1.10. The van der Waals surface area contributed by atoms with Gasteiger partial charge in [0.1, 0.15) is 22.5 Å². The molecule has 2 aliphatic heterocycles. The number of anilines is 1. The van der Waals surface area contributed by atoms with Crippen molar-refractivity contribution < 1.29 is 14.3 Å². The van der Waals surface area contributed by atoms with Crippen molar-refractivity contribution in [3.63, 3.8) is 0 Å². The summed E-state index contributed by atoms with van der Waals surface area (Å²) in [6.07, 6.45) is 0.523. The van der Waals surface area contributed by atoms with Crippen molar-refractivity contribution in [2.45, 2.75) is 19.4 Å². The maximum absolute atomic E-state index is 15.1. The van der Waals surface area contributed by atoms with Gasteiger partial charge in [-0.2, -0.15) is 0 Å². The van der Waals surface area contributed by atoms with E-state index in [4.69, 9.17) is 9.94 Å². The first kappa shape index (κ1) is 16.3. The quantitative estimate of drug-likeness (QED) is 0.489. The van der Waals surface area contributed by atoms with E-state index < -0.39 is 16.8 Å². The molecular formula is C17H15FN4O4S. The molecule has 0 amide bonds. The van der Waals surface area contributed by atoms with Crippen molar-refractivity contribution in [1.29, 1.82) is 0 Å². The molecule has 1 fully saturated rings. The molecule has 140 valence electrons. The Kier molecular flexibility index (Phi) is 3.36. The standard InChI is InChI=1S/C17H15FN4O4S/c1-7-6-26-15-12-9(14(23)11-16(24)20-27-17(11)22(7)12)4-10(18)13(15)21-3-2-8(5-21)19-25/h4,7,25H,2-3,5-6H2,1H3,(H,20,24)/b19-8+. The third kappa shape index (κ3) is 2.10. The van der Waals surface area contributed by atoms with Crippen LogP contribution in [0.4, 0.5) is 10.1 Å². The van der Waals surface area contributed by atoms with Crippen molar-refractivity contribution in [1.82, 2.24) is 8.94 Å². The molecule has 1 atom stereocenters. The first-order chi connectivity index (χ1) is 13.0. The van der Waals surface area contributed by atoms with Crippen LogP contribution in [-0.2, 0) is 0 Å². The Morgan fingerprint density at radius 1 is 1.44 bits per heavy atom. The zero-order valence-electron chi connectivity index (χ0n) is 14.3. The zero-order chi connectivity index (χ0) is 18.9. The average Bonchev–Trinajstić information content (AvgIpc) is 3.27. The minimum absolute atomic E-state index is 0.0511. The summed E-state index contributed by atoms with van der Waals surface area (Å²) in [5.74, 6) is -0.303. The molecule has 3 aromatic rings. The Balaban J connectivity index is 1.92. The van der Waals surface area contributed by atoms with E-state index >= 15 is 4.39 Å². The lowest BCUT2D eigenvalue weighted by molar-refractivity contribution is 0.250. The maximum atomic E-state index is 15.1. The van der Waals surface area contributed by atoms with Crippen molar-refractivity contribution in [2.75, 3.05) is 24.6 Å². The van der Waals surface area contributed by atoms with Crippen LogP contribution in [0.3, 0.4) is 0 Å². The van der Waals surface area contributed by atoms with Gasteiger partial charge in [0.05, 0.1) is 29.2 Å². The van der Waals surface area contributed by atoms with Crippen LogP contribution in [0.25, 0.3) is 21.1 Å². The number of H-pyrrole nitrogens is 1. The van der Waals surface area contributed by atoms with Crippen LogP contribution >= 0.6 is 11.5 Å². The largest absolute Gasteiger partial charge is 0.487 e. The minimum Gasteiger partial charge on any atom is -0.487 e. The van der Waals surface area contributed by atoms with Crippen molar-refractivity contribution in [3.05, 3.63) is 32.5 Å². The van der Waals surface area contributed by atoms with Gasteiger partial charge >= 0.3 is 0 Å². The van der Waals surface area contributed by atoms with Gasteiger partial charge in [-0.15, -0.1) is 0 Å². The summed E-state index contributed by atoms with van der Waals surface area (Å²) in [6.45, 7) is 2.98. The van der Waals surface area contributed by atoms with Gasteiger partial charge in [0, 0.05) is 13.0 Å². The van der Waals surface area contributed by atoms with Gasteiger partial charge in [-0.05, 0) is 24.5 Å². The van der Waals surface area contributed by atoms with Gasteiger partial charge in [0.25, 0.3) is 5.56 Å². The van der Waals surface area contributed by atoms with Gasteiger partial charge in [0.2, 0.25) is 5.43 Å². The van der Waals surface area contributed by atoms with Gasteiger partial charge in [-0.3, -0.25) is 14.0 Å². The molecule has 8 nitrogen and oxygen atoms in total. The SMILES string of the molecule is CC1COc2c(N3CC/C(=N\O)C3)c(F)cc3c(=O)c4c(=O)[nH]sc4n1c23. The number of ether oxygens (including phenoxy) is 1. The highest BCUT2D eigenvalue weighted by Gasteiger charge is 2.32. The Labute approximate surface area is 155 Å². The smallest absolute Gasteiger partial charge is 0.271 e. The number of nitrogens with one attached hydrogen (secondary N) is 1. The topological polar surface area (TPSA) is 99.9 Å². The Morgan fingerprint density at radius 3 is 3.00 bits per heavy atom. The summed E-state index contributed by atoms with van der Waals surface area (Å²) in [6, 6.07) is 1.06. The fourth-order valence-corrected chi connectivity index (χ4v) is 4.91. The molecule has 5 rings (SSSR count). The summed E-state index contributed by atoms with van der Waals surface area (Å²) in [5, 5.41) is 12.4. The average molecular weight is 390 g/mol. The van der Waals surface area contributed by atoms with Crippen LogP contribution < -0.4 is 20.6 Å². The molecule has 1 aromatic carbocycles. The number of hydrogen-bond acceptors (Lipinski definition) is 7. The molecule has 27 heavy (non-hydrogen) atoms. The Bertz CT molecular complexity index is 1260. The van der Waals surface area contributed by atoms with E-state index in [2.05, 4.69) is 9.53 Å². The lowest BCUT2D eigenvalue weighted by Crippen LogP contribution is -2.28. The second-order valence-corrected chi connectivity index (χ2v) is 7.64. The molecule has 0 bridgehead atoms. The van der Waals surface area contributed by atoms with E-state index in [9.17, 15) is 9.59 Å². The van der Waals surface area contributed by atoms with E-state index in [-0.39, 0.29) is 35.7 Å². The summed E-state index contributed by atoms with van der Waals surface area (Å²) in [7, 11) is 0. The number of aromatic amines is 1. The van der Waals surface area contributed by atoms with Crippen molar-refractivity contribution >= 4 is 44.1 Å². The predicted molar refractivity (Wildman–Crippen MR) is 100 cm³/mol. The van der Waals surface area contributed by atoms with Gasteiger partial charge in [-0.25, -0.2) is 4.39 Å². The summed E-state index contributed by atoms with van der Waals surface area (Å²) in [5.41, 5.74) is 0.346. The van der Waals surface area contributed by atoms with Crippen LogP contribution in [-0.4, -0.2) is 39.6 Å². The first-order valence-electron chi connectivity index (χ1n) is 8.50. The number of nitrogens with zero attached hydrogens (tertiary/aromatic N) is 3. The molecule has 0 spiro atoms. The monoisotopic (exact) mass is 390 g/mol. The number of pyridine rings is 1. The Hall–Kier alpha value is -2.88. The normalized spacial score (nSPS) is 20.7. The molecule has 0 saturated carbocycles. The fraction of sp³-hybridized carbons (Fsp3) is 0.353. The fourth-order valence-electron chi connectivity index (χ4n) is 3.96. The number of hydrogen-bond donors (Lipinski definition) is 2. The van der Waals surface area contributed by atoms with Crippen molar-refractivity contribution in [2.24, 2.45) is 5.16 Å². The number of fused-ring (bicyclic) bond motifs is 2. The predicted octanol–water partition coefficient (Wildman–Crippen LogP) is 2.04. The van der Waals surface area contributed by atoms with Crippen LogP contribution in [0.2, 0.25) is 0 Å². The van der Waals surface area contributed by atoms with Crippen molar-refractivity contribution in [3.8, 4) is 5.75 Å². The van der Waals surface area contributed by atoms with Crippen LogP contribution in [0.1, 0.15) is 19.4 Å². The minimum atomic E-state index is -0.596. The molecule has 1 saturated heterocycles. The summed E-state index contributed by atoms with van der Waals surface area (Å²) < 4.78 is 25.4. The molecule has 2 aromatic heterocycles. The molecular weight excluding hydrogens is 375 g/mol. The van der Waals surface area contributed by atoms with Crippen LogP contribution in [0.15, 0.2) is 20.8 Å². The second-order valence-electron chi connectivity index (χ2n) is 6.84. The summed E-state index contributed by atoms with van der Waals surface area (Å²) in [4.78, 5) is 27.3. The molecule has 1 unspecified atom stereocenters. The first-order valence-corrected chi connectivity index (χ1v) is 9.32. The molecule has 2 aliphatic rings. The van der Waals surface area contributed by atoms with E-state index in [1.54, 1.807) is 4.90 Å². The molecule has 4 heterocycles. The highest BCUT2D eigenvalue weighted by atomic mass is 32.1. The van der Waals surface area contributed by atoms with E-state index in [1.165, 1.54) is 6.07 Å². The van der Waals surface area contributed by atoms with Gasteiger partial charge < -0.3 is 19.4 Å². The zero-order valence-corrected chi connectivity index (χ0v) is 15.1. The lowest BCUT2D eigenvalue weighted by Gasteiger charge is -2.31. The second kappa shape index (κ2) is 5.56. The highest BCUT2D eigenvalue weighted by Crippen LogP contribution is 2.43. The molecule has 2 N–H and O–H groups in total. The third-order valence-electron chi connectivity index (χ3n) is 5.21. The molecule has 0 radical (unpaired) electrons. The third-order valence-corrected chi connectivity index (χ3v) is 6.09. The van der Waals surface area contributed by atoms with E-state index in [0.717, 1.165) is 11.5 Å². The van der Waals surface area contributed by atoms with E-state index in [1.807, 2.05) is 11.5 Å². The number of halogens is 1. The number of benzene rings is 1. The molecule has 0 aliphatic carbocycles. The highest BCUT2D eigenvalue weighted by molar-refractivity contribution is 7.12. The van der Waals surface area contributed by atoms with Crippen LogP contribution in [0.5, 0.6) is 5.75 Å². The number of oxime groups is 1. The van der Waals surface area contributed by atoms with E-state index in [0.29, 0.717) is 34.8 Å². The number of rotatable bonds is 1. The van der Waals surface area contributed by atoms with Crippen LogP contribution in [0, 0.1) is 5.82 Å².